The van der Waals surface area contributed by atoms with Crippen LogP contribution in [-0.4, -0.2) is 30.7 Å². The number of aromatic carboxylic acids is 1. The summed E-state index contributed by atoms with van der Waals surface area (Å²) in [5, 5.41) is 17.8. The van der Waals surface area contributed by atoms with Gasteiger partial charge in [-0.25, -0.2) is 4.79 Å². The first-order valence-electron chi connectivity index (χ1n) is 23.0. The van der Waals surface area contributed by atoms with E-state index in [9.17, 15) is 14.4 Å². The maximum absolute atomic E-state index is 11.1. The third-order valence-corrected chi connectivity index (χ3v) is 10.5. The molecule has 8 nitrogen and oxygen atoms in total. The molecule has 0 unspecified atom stereocenters. The Morgan fingerprint density at radius 2 is 0.925 bits per heavy atom. The Labute approximate surface area is 403 Å². The highest BCUT2D eigenvalue weighted by atomic mass is 16.4. The number of carboxylic acids is 1. The lowest BCUT2D eigenvalue weighted by Gasteiger charge is -2.19. The largest absolute Gasteiger partial charge is 0.508 e. The van der Waals surface area contributed by atoms with Crippen molar-refractivity contribution in [3.63, 3.8) is 0 Å². The van der Waals surface area contributed by atoms with Crippen LogP contribution >= 0.6 is 0 Å². The molecule has 0 saturated carbocycles. The van der Waals surface area contributed by atoms with Crippen molar-refractivity contribution in [2.75, 3.05) is 0 Å². The van der Waals surface area contributed by atoms with Crippen molar-refractivity contribution in [2.45, 2.75) is 157 Å². The SMILES string of the molecule is CC(C)(C)c1ccc(=O)[nH]c1.CC(C)(C)c1ccc(O)cc1.CC(C)(C)c1cccc(C(=O)O)c1.CC(C)(C)c1ccccc1.CC(C)(C)c1cccnc1.Cn1cc(C(C)(C)C)ccc1=O. The highest BCUT2D eigenvalue weighted by Gasteiger charge is 2.17. The van der Waals surface area contributed by atoms with Gasteiger partial charge >= 0.3 is 5.97 Å². The molecule has 364 valence electrons. The molecule has 6 rings (SSSR count). The first-order valence-corrected chi connectivity index (χ1v) is 23.0. The molecule has 0 radical (unpaired) electrons. The summed E-state index contributed by atoms with van der Waals surface area (Å²) in [6, 6.07) is 36.0. The lowest BCUT2D eigenvalue weighted by Crippen LogP contribution is -2.19. The number of phenols is 1. The van der Waals surface area contributed by atoms with Crippen LogP contribution in [0, 0.1) is 0 Å². The number of phenolic OH excluding ortho intramolecular Hbond substituents is 1. The number of aromatic amines is 1. The molecule has 0 aliphatic rings. The number of nitrogens with zero attached hydrogens (tertiary/aromatic N) is 2. The quantitative estimate of drug-likeness (QED) is 0.151. The molecule has 8 heteroatoms. The second-order valence-electron chi connectivity index (χ2n) is 22.8. The molecule has 3 aromatic heterocycles. The van der Waals surface area contributed by atoms with E-state index in [-0.39, 0.29) is 38.2 Å². The summed E-state index contributed by atoms with van der Waals surface area (Å²) < 4.78 is 1.61. The van der Waals surface area contributed by atoms with Gasteiger partial charge in [0.2, 0.25) is 11.1 Å². The molecule has 67 heavy (non-hydrogen) atoms. The van der Waals surface area contributed by atoms with Crippen LogP contribution in [0.5, 0.6) is 5.75 Å². The van der Waals surface area contributed by atoms with Gasteiger partial charge in [-0.2, -0.15) is 0 Å². The number of aryl methyl sites for hydroxylation is 1. The highest BCUT2D eigenvalue weighted by Crippen LogP contribution is 2.25. The normalized spacial score (nSPS) is 11.5. The van der Waals surface area contributed by atoms with E-state index in [0.717, 1.165) is 11.1 Å². The predicted molar refractivity (Wildman–Crippen MR) is 283 cm³/mol. The first kappa shape index (κ1) is 59.0. The molecule has 0 amide bonds. The number of H-pyrrole nitrogens is 1. The molecule has 0 aliphatic heterocycles. The van der Waals surface area contributed by atoms with E-state index in [4.69, 9.17) is 10.2 Å². The standard InChI is InChI=1S/C11H14O2.C10H15NO.C10H14O.C10H14.C9H13NO.C9H13N/c1-11(2,3)9-6-4-5-8(7-9)10(12)13;1-10(2,3)8-5-6-9(12)11(4)7-8;1-10(2,3)8-4-6-9(11)7-5-8;1-10(2,3)9-7-5-4-6-8-9;1-9(2,3)7-4-5-8(11)10-6-7;1-9(2,3)8-5-4-6-10-7-8/h4-7H,1-3H3,(H,12,13);5-7H,1-4H3;4-7,11H,1-3H3;4-8H,1-3H3;4-6H,1-3H3,(H,10,11);4-7H,1-3H3. The van der Waals surface area contributed by atoms with Gasteiger partial charge in [0.1, 0.15) is 5.75 Å². The first-order chi connectivity index (χ1) is 30.5. The topological polar surface area (TPSA) is 125 Å². The lowest BCUT2D eigenvalue weighted by molar-refractivity contribution is 0.0696. The maximum Gasteiger partial charge on any atom is 0.335 e. The summed E-state index contributed by atoms with van der Waals surface area (Å²) in [6.45, 7) is 38.6. The van der Waals surface area contributed by atoms with Gasteiger partial charge < -0.3 is 19.8 Å². The maximum atomic E-state index is 11.1. The number of nitrogens with one attached hydrogen (secondary N) is 1. The van der Waals surface area contributed by atoms with Gasteiger partial charge in [-0.15, -0.1) is 0 Å². The second kappa shape index (κ2) is 25.2. The molecule has 3 aromatic carbocycles. The Kier molecular flexibility index (Phi) is 22.2. The van der Waals surface area contributed by atoms with E-state index in [1.54, 1.807) is 66.5 Å². The Balaban J connectivity index is 0.000000403. The molecule has 0 aliphatic carbocycles. The fourth-order valence-electron chi connectivity index (χ4n) is 5.74. The summed E-state index contributed by atoms with van der Waals surface area (Å²) in [5.74, 6) is -0.538. The van der Waals surface area contributed by atoms with Crippen LogP contribution in [0.1, 0.15) is 168 Å². The molecule has 0 spiro atoms. The van der Waals surface area contributed by atoms with Gasteiger partial charge in [-0.1, -0.05) is 197 Å². The zero-order chi connectivity index (χ0) is 51.6. The summed E-state index contributed by atoms with van der Waals surface area (Å²) in [4.78, 5) is 39.1. The van der Waals surface area contributed by atoms with Crippen molar-refractivity contribution >= 4 is 5.97 Å². The van der Waals surface area contributed by atoms with Crippen molar-refractivity contribution in [1.29, 1.82) is 0 Å². The zero-order valence-corrected chi connectivity index (χ0v) is 44.3. The van der Waals surface area contributed by atoms with Crippen molar-refractivity contribution in [3.8, 4) is 5.75 Å². The average Bonchev–Trinajstić information content (AvgIpc) is 3.22. The molecule has 0 atom stereocenters. The number of benzene rings is 3. The minimum Gasteiger partial charge on any atom is -0.508 e. The number of carboxylic acid groups (broad SMARTS) is 1. The fraction of sp³-hybridized carbons (Fsp3) is 0.424. The van der Waals surface area contributed by atoms with E-state index in [0.29, 0.717) is 16.7 Å². The summed E-state index contributed by atoms with van der Waals surface area (Å²) in [5.41, 5.74) is 8.60. The summed E-state index contributed by atoms with van der Waals surface area (Å²) in [6.07, 6.45) is 7.37. The Morgan fingerprint density at radius 1 is 0.493 bits per heavy atom. The lowest BCUT2D eigenvalue weighted by atomic mass is 9.86. The molecule has 0 fully saturated rings. The highest BCUT2D eigenvalue weighted by molar-refractivity contribution is 5.87. The number of carbonyl (C=O) groups is 1. The zero-order valence-electron chi connectivity index (χ0n) is 44.3. The van der Waals surface area contributed by atoms with Gasteiger partial charge in [0.25, 0.3) is 0 Å². The number of hydrogen-bond donors (Lipinski definition) is 3. The summed E-state index contributed by atoms with van der Waals surface area (Å²) >= 11 is 0. The number of hydrogen-bond acceptors (Lipinski definition) is 5. The van der Waals surface area contributed by atoms with Crippen molar-refractivity contribution in [3.05, 3.63) is 200 Å². The Bertz CT molecular complexity index is 2410. The van der Waals surface area contributed by atoms with Crippen molar-refractivity contribution in [2.24, 2.45) is 7.05 Å². The molecule has 6 aromatic rings. The number of aromatic nitrogens is 3. The van der Waals surface area contributed by atoms with Crippen LogP contribution in [0.15, 0.2) is 150 Å². The number of pyridine rings is 3. The molecule has 0 bridgehead atoms. The van der Waals surface area contributed by atoms with E-state index >= 15 is 0 Å². The third-order valence-electron chi connectivity index (χ3n) is 10.5. The number of aromatic hydroxyl groups is 1. The van der Waals surface area contributed by atoms with E-state index in [1.165, 1.54) is 22.3 Å². The van der Waals surface area contributed by atoms with E-state index < -0.39 is 5.97 Å². The molecule has 3 N–H and O–H groups in total. The number of rotatable bonds is 1. The van der Waals surface area contributed by atoms with E-state index in [2.05, 4.69) is 171 Å². The minimum absolute atomic E-state index is 0.00542. The molecular formula is C59H83N3O5. The van der Waals surface area contributed by atoms with Gasteiger partial charge in [0.15, 0.2) is 0 Å². The van der Waals surface area contributed by atoms with Crippen LogP contribution in [0.4, 0.5) is 0 Å². The van der Waals surface area contributed by atoms with Crippen LogP contribution in [0.2, 0.25) is 0 Å². The Hall–Kier alpha value is -6.02. The molecule has 3 heterocycles. The van der Waals surface area contributed by atoms with Crippen molar-refractivity contribution < 1.29 is 15.0 Å². The fourth-order valence-corrected chi connectivity index (χ4v) is 5.74. The minimum atomic E-state index is -0.869. The average molecular weight is 914 g/mol. The predicted octanol–water partition coefficient (Wildman–Crippen LogP) is 14.1. The smallest absolute Gasteiger partial charge is 0.335 e. The molecular weight excluding hydrogens is 831 g/mol. The monoisotopic (exact) mass is 914 g/mol. The van der Waals surface area contributed by atoms with Crippen molar-refractivity contribution in [1.82, 2.24) is 14.5 Å². The second-order valence-corrected chi connectivity index (χ2v) is 22.8. The van der Waals surface area contributed by atoms with Crippen LogP contribution in [0.25, 0.3) is 0 Å². The Morgan fingerprint density at radius 3 is 1.30 bits per heavy atom. The van der Waals surface area contributed by atoms with Crippen LogP contribution < -0.4 is 11.1 Å². The van der Waals surface area contributed by atoms with Gasteiger partial charge in [-0.3, -0.25) is 14.6 Å². The van der Waals surface area contributed by atoms with Crippen LogP contribution in [-0.2, 0) is 39.5 Å². The summed E-state index contributed by atoms with van der Waals surface area (Å²) in [7, 11) is 1.78. The van der Waals surface area contributed by atoms with Gasteiger partial charge in [-0.05, 0) is 96.2 Å². The van der Waals surface area contributed by atoms with Crippen LogP contribution in [0.3, 0.4) is 0 Å². The van der Waals surface area contributed by atoms with Gasteiger partial charge in [0, 0.05) is 44.0 Å². The third kappa shape index (κ3) is 23.3. The molecule has 0 saturated heterocycles. The van der Waals surface area contributed by atoms with Gasteiger partial charge in [0.05, 0.1) is 5.56 Å². The van der Waals surface area contributed by atoms with E-state index in [1.807, 2.05) is 48.8 Å².